The van der Waals surface area contributed by atoms with Gasteiger partial charge < -0.3 is 4.74 Å². The summed E-state index contributed by atoms with van der Waals surface area (Å²) < 4.78 is 28.5. The molecule has 1 fully saturated rings. The van der Waals surface area contributed by atoms with Crippen LogP contribution in [0.3, 0.4) is 0 Å². The van der Waals surface area contributed by atoms with E-state index >= 15 is 0 Å². The molecule has 0 aliphatic heterocycles. The van der Waals surface area contributed by atoms with Crippen molar-refractivity contribution in [2.45, 2.75) is 12.8 Å². The molecule has 82 valence electrons. The lowest BCUT2D eigenvalue weighted by atomic mass is 10.5. The summed E-state index contributed by atoms with van der Waals surface area (Å²) >= 11 is 0. The summed E-state index contributed by atoms with van der Waals surface area (Å²) in [5, 5.41) is 0. The van der Waals surface area contributed by atoms with Crippen molar-refractivity contribution in [1.82, 2.24) is 4.31 Å². The molecule has 0 aromatic carbocycles. The van der Waals surface area contributed by atoms with Crippen molar-refractivity contribution in [2.24, 2.45) is 5.92 Å². The fourth-order valence-electron chi connectivity index (χ4n) is 1.05. The molecule has 0 unspecified atom stereocenters. The van der Waals surface area contributed by atoms with Gasteiger partial charge in [-0.25, -0.2) is 8.42 Å². The lowest BCUT2D eigenvalue weighted by molar-refractivity contribution is -0.140. The van der Waals surface area contributed by atoms with Gasteiger partial charge in [0, 0.05) is 7.05 Å². The highest BCUT2D eigenvalue weighted by molar-refractivity contribution is 7.89. The van der Waals surface area contributed by atoms with Crippen LogP contribution in [0.1, 0.15) is 12.8 Å². The molecular formula is C8H15NO4S. The van der Waals surface area contributed by atoms with E-state index in [0.29, 0.717) is 5.92 Å². The van der Waals surface area contributed by atoms with Crippen LogP contribution in [0.2, 0.25) is 0 Å². The van der Waals surface area contributed by atoms with E-state index < -0.39 is 16.0 Å². The minimum absolute atomic E-state index is 0.153. The summed E-state index contributed by atoms with van der Waals surface area (Å²) in [6.45, 7) is -0.203. The van der Waals surface area contributed by atoms with Crippen LogP contribution in [0, 0.1) is 5.92 Å². The molecule has 6 heteroatoms. The van der Waals surface area contributed by atoms with Crippen molar-refractivity contribution < 1.29 is 17.9 Å². The van der Waals surface area contributed by atoms with Gasteiger partial charge in [0.2, 0.25) is 10.0 Å². The van der Waals surface area contributed by atoms with Gasteiger partial charge in [0.15, 0.2) is 0 Å². The van der Waals surface area contributed by atoms with E-state index in [9.17, 15) is 13.2 Å². The summed E-state index contributed by atoms with van der Waals surface area (Å²) in [4.78, 5) is 10.8. The number of hydrogen-bond acceptors (Lipinski definition) is 4. The third kappa shape index (κ3) is 3.26. The molecule has 0 spiro atoms. The number of methoxy groups -OCH3 is 1. The summed E-state index contributed by atoms with van der Waals surface area (Å²) in [6.07, 6.45) is 1.95. The molecule has 1 aliphatic rings. The predicted molar refractivity (Wildman–Crippen MR) is 51.2 cm³/mol. The fraction of sp³-hybridized carbons (Fsp3) is 0.875. The Balaban J connectivity index is 2.48. The number of nitrogens with zero attached hydrogens (tertiary/aromatic N) is 1. The van der Waals surface area contributed by atoms with Crippen LogP contribution in [0.5, 0.6) is 0 Å². The molecule has 1 saturated carbocycles. The number of ether oxygens (including phenoxy) is 1. The van der Waals surface area contributed by atoms with Crippen molar-refractivity contribution in [1.29, 1.82) is 0 Å². The molecule has 0 heterocycles. The molecule has 0 amide bonds. The van der Waals surface area contributed by atoms with Crippen molar-refractivity contribution in [2.75, 3.05) is 26.5 Å². The highest BCUT2D eigenvalue weighted by Crippen LogP contribution is 2.30. The van der Waals surface area contributed by atoms with Gasteiger partial charge >= 0.3 is 5.97 Å². The number of hydrogen-bond donors (Lipinski definition) is 0. The zero-order valence-corrected chi connectivity index (χ0v) is 9.21. The average molecular weight is 221 g/mol. The van der Waals surface area contributed by atoms with Gasteiger partial charge in [0.25, 0.3) is 0 Å². The molecule has 0 atom stereocenters. The Kier molecular flexibility index (Phi) is 3.49. The highest BCUT2D eigenvalue weighted by Gasteiger charge is 2.31. The zero-order chi connectivity index (χ0) is 10.8. The van der Waals surface area contributed by atoms with E-state index in [4.69, 9.17) is 0 Å². The maximum atomic E-state index is 11.6. The topological polar surface area (TPSA) is 63.7 Å². The van der Waals surface area contributed by atoms with E-state index in [1.807, 2.05) is 0 Å². The predicted octanol–water partition coefficient (Wildman–Crippen LogP) is -0.169. The molecule has 0 bridgehead atoms. The third-order valence-electron chi connectivity index (χ3n) is 2.20. The molecule has 0 N–H and O–H groups in total. The SMILES string of the molecule is COC(=O)CN(C)S(=O)(=O)CC1CC1. The number of sulfonamides is 1. The largest absolute Gasteiger partial charge is 0.468 e. The third-order valence-corrected chi connectivity index (χ3v) is 4.17. The Bertz CT molecular complexity index is 307. The summed E-state index contributed by atoms with van der Waals surface area (Å²) in [7, 11) is -0.632. The minimum Gasteiger partial charge on any atom is -0.468 e. The number of likely N-dealkylation sites (N-methyl/N-ethyl adjacent to an activating group) is 1. The van der Waals surface area contributed by atoms with Crippen LogP contribution < -0.4 is 0 Å². The Morgan fingerprint density at radius 2 is 2.07 bits per heavy atom. The molecule has 0 aromatic rings. The second-order valence-corrected chi connectivity index (χ2v) is 5.67. The molecule has 1 aliphatic carbocycles. The van der Waals surface area contributed by atoms with E-state index in [1.165, 1.54) is 14.2 Å². The average Bonchev–Trinajstić information content (AvgIpc) is 2.87. The first-order chi connectivity index (χ1) is 6.45. The second-order valence-electron chi connectivity index (χ2n) is 3.55. The van der Waals surface area contributed by atoms with Gasteiger partial charge in [-0.2, -0.15) is 4.31 Å². The van der Waals surface area contributed by atoms with Gasteiger partial charge in [-0.3, -0.25) is 4.79 Å². The number of rotatable bonds is 5. The summed E-state index contributed by atoms with van der Waals surface area (Å²) in [5.41, 5.74) is 0. The first-order valence-electron chi connectivity index (χ1n) is 4.46. The normalized spacial score (nSPS) is 17.1. The van der Waals surface area contributed by atoms with E-state index in [-0.39, 0.29) is 12.3 Å². The van der Waals surface area contributed by atoms with Gasteiger partial charge in [0.1, 0.15) is 6.54 Å². The number of carbonyl (C=O) groups is 1. The maximum Gasteiger partial charge on any atom is 0.320 e. The fourth-order valence-corrected chi connectivity index (χ4v) is 2.54. The van der Waals surface area contributed by atoms with Crippen LogP contribution in [0.4, 0.5) is 0 Å². The lowest BCUT2D eigenvalue weighted by Gasteiger charge is -2.15. The van der Waals surface area contributed by atoms with Gasteiger partial charge in [-0.15, -0.1) is 0 Å². The monoisotopic (exact) mass is 221 g/mol. The first-order valence-corrected chi connectivity index (χ1v) is 6.07. The molecule has 0 aromatic heterocycles. The summed E-state index contributed by atoms with van der Waals surface area (Å²) in [5.74, 6) is -0.0903. The van der Waals surface area contributed by atoms with Crippen LogP contribution in [-0.2, 0) is 19.6 Å². The molecule has 5 nitrogen and oxygen atoms in total. The van der Waals surface area contributed by atoms with E-state index in [1.54, 1.807) is 0 Å². The van der Waals surface area contributed by atoms with Crippen molar-refractivity contribution in [3.05, 3.63) is 0 Å². The maximum absolute atomic E-state index is 11.6. The van der Waals surface area contributed by atoms with Gasteiger partial charge in [0.05, 0.1) is 12.9 Å². The molecular weight excluding hydrogens is 206 g/mol. The Morgan fingerprint density at radius 1 is 1.50 bits per heavy atom. The molecule has 1 rings (SSSR count). The van der Waals surface area contributed by atoms with Crippen LogP contribution in [0.15, 0.2) is 0 Å². The van der Waals surface area contributed by atoms with E-state index in [0.717, 1.165) is 17.1 Å². The minimum atomic E-state index is -3.27. The Labute approximate surface area is 84.1 Å². The Hall–Kier alpha value is -0.620. The quantitative estimate of drug-likeness (QED) is 0.605. The van der Waals surface area contributed by atoms with Crippen molar-refractivity contribution in [3.8, 4) is 0 Å². The molecule has 0 saturated heterocycles. The van der Waals surface area contributed by atoms with Crippen molar-refractivity contribution >= 4 is 16.0 Å². The van der Waals surface area contributed by atoms with Crippen molar-refractivity contribution in [3.63, 3.8) is 0 Å². The first kappa shape index (κ1) is 11.5. The smallest absolute Gasteiger partial charge is 0.320 e. The standard InChI is InChI=1S/C8H15NO4S/c1-9(5-8(10)13-2)14(11,12)6-7-3-4-7/h7H,3-6H2,1-2H3. The number of esters is 1. The Morgan fingerprint density at radius 3 is 2.50 bits per heavy atom. The van der Waals surface area contributed by atoms with Gasteiger partial charge in [-0.1, -0.05) is 0 Å². The zero-order valence-electron chi connectivity index (χ0n) is 8.39. The lowest BCUT2D eigenvalue weighted by Crippen LogP contribution is -2.34. The van der Waals surface area contributed by atoms with Gasteiger partial charge in [-0.05, 0) is 18.8 Å². The van der Waals surface area contributed by atoms with Crippen LogP contribution >= 0.6 is 0 Å². The number of carbonyl (C=O) groups excluding carboxylic acids is 1. The molecule has 0 radical (unpaired) electrons. The second kappa shape index (κ2) is 4.27. The van der Waals surface area contributed by atoms with E-state index in [2.05, 4.69) is 4.74 Å². The van der Waals surface area contributed by atoms with Crippen LogP contribution in [0.25, 0.3) is 0 Å². The highest BCUT2D eigenvalue weighted by atomic mass is 32.2. The summed E-state index contributed by atoms with van der Waals surface area (Å²) in [6, 6.07) is 0. The van der Waals surface area contributed by atoms with Crippen LogP contribution in [-0.4, -0.2) is 45.1 Å². The molecule has 14 heavy (non-hydrogen) atoms.